The molecule has 0 aliphatic heterocycles. The van der Waals surface area contributed by atoms with E-state index in [4.69, 9.17) is 16.3 Å². The van der Waals surface area contributed by atoms with Crippen molar-refractivity contribution >= 4 is 38.7 Å². The fraction of sp³-hybridized carbons (Fsp3) is 0.167. The smallest absolute Gasteiger partial charge is 0.119 e. The quantitative estimate of drug-likeness (QED) is 0.299. The molecule has 0 aliphatic rings. The standard InChI is InChI=1S/C24H22BrClO2/c25-15-17-28-22-12-8-20(9-13-22)24(19-6-10-21(27)11-7-19)23(14-16-26)18-4-2-1-3-5-18/h1-13,27H,14-17H2. The van der Waals surface area contributed by atoms with Crippen molar-refractivity contribution in [1.29, 1.82) is 0 Å². The number of phenols is 1. The maximum atomic E-state index is 9.73. The monoisotopic (exact) mass is 456 g/mol. The molecule has 0 atom stereocenters. The molecule has 0 spiro atoms. The molecule has 4 heteroatoms. The molecule has 0 aromatic heterocycles. The predicted molar refractivity (Wildman–Crippen MR) is 122 cm³/mol. The second-order valence-corrected chi connectivity index (χ2v) is 7.44. The first-order valence-electron chi connectivity index (χ1n) is 9.16. The van der Waals surface area contributed by atoms with Crippen molar-refractivity contribution in [1.82, 2.24) is 0 Å². The molecular weight excluding hydrogens is 436 g/mol. The van der Waals surface area contributed by atoms with Crippen LogP contribution in [0, 0.1) is 0 Å². The SMILES string of the molecule is Oc1ccc(C(=C(CCCl)c2ccccc2)c2ccc(OCCBr)cc2)cc1. The van der Waals surface area contributed by atoms with Gasteiger partial charge in [-0.2, -0.15) is 0 Å². The van der Waals surface area contributed by atoms with Gasteiger partial charge in [-0.1, -0.05) is 70.5 Å². The van der Waals surface area contributed by atoms with E-state index in [-0.39, 0.29) is 5.75 Å². The van der Waals surface area contributed by atoms with Crippen LogP contribution in [0.15, 0.2) is 78.9 Å². The van der Waals surface area contributed by atoms with E-state index >= 15 is 0 Å². The minimum absolute atomic E-state index is 0.250. The average Bonchev–Trinajstić information content (AvgIpc) is 2.74. The average molecular weight is 458 g/mol. The number of alkyl halides is 2. The highest BCUT2D eigenvalue weighted by molar-refractivity contribution is 9.09. The van der Waals surface area contributed by atoms with Gasteiger partial charge >= 0.3 is 0 Å². The van der Waals surface area contributed by atoms with Gasteiger partial charge in [-0.3, -0.25) is 0 Å². The molecule has 0 fully saturated rings. The molecule has 1 N–H and O–H groups in total. The molecular formula is C24H22BrClO2. The maximum Gasteiger partial charge on any atom is 0.119 e. The minimum atomic E-state index is 0.250. The first kappa shape index (κ1) is 20.5. The van der Waals surface area contributed by atoms with Gasteiger partial charge in [-0.25, -0.2) is 0 Å². The van der Waals surface area contributed by atoms with Crippen molar-refractivity contribution < 1.29 is 9.84 Å². The van der Waals surface area contributed by atoms with Crippen LogP contribution in [0.4, 0.5) is 0 Å². The molecule has 3 rings (SSSR count). The van der Waals surface area contributed by atoms with Crippen molar-refractivity contribution in [3.05, 3.63) is 95.6 Å². The van der Waals surface area contributed by atoms with Crippen LogP contribution < -0.4 is 4.74 Å². The summed E-state index contributed by atoms with van der Waals surface area (Å²) in [5.74, 6) is 1.62. The Kier molecular flexibility index (Phi) is 7.58. The summed E-state index contributed by atoms with van der Waals surface area (Å²) in [6.45, 7) is 0.627. The minimum Gasteiger partial charge on any atom is -0.508 e. The topological polar surface area (TPSA) is 29.5 Å². The van der Waals surface area contributed by atoms with Crippen molar-refractivity contribution in [2.24, 2.45) is 0 Å². The van der Waals surface area contributed by atoms with Crippen LogP contribution in [0.1, 0.15) is 23.1 Å². The van der Waals surface area contributed by atoms with E-state index in [2.05, 4.69) is 40.2 Å². The van der Waals surface area contributed by atoms with Crippen molar-refractivity contribution in [3.63, 3.8) is 0 Å². The van der Waals surface area contributed by atoms with Crippen molar-refractivity contribution in [2.75, 3.05) is 17.8 Å². The summed E-state index contributed by atoms with van der Waals surface area (Å²) in [4.78, 5) is 0. The molecule has 0 bridgehead atoms. The largest absolute Gasteiger partial charge is 0.508 e. The highest BCUT2D eigenvalue weighted by Gasteiger charge is 2.14. The lowest BCUT2D eigenvalue weighted by Crippen LogP contribution is -1.99. The lowest BCUT2D eigenvalue weighted by atomic mass is 9.88. The number of ether oxygens (including phenoxy) is 1. The van der Waals surface area contributed by atoms with Gasteiger partial charge in [-0.15, -0.1) is 11.6 Å². The number of rotatable bonds is 8. The highest BCUT2D eigenvalue weighted by Crippen LogP contribution is 2.35. The Morgan fingerprint density at radius 2 is 1.43 bits per heavy atom. The summed E-state index contributed by atoms with van der Waals surface area (Å²) in [7, 11) is 0. The number of allylic oxidation sites excluding steroid dienone is 1. The van der Waals surface area contributed by atoms with Gasteiger partial charge in [0.1, 0.15) is 11.5 Å². The zero-order valence-corrected chi connectivity index (χ0v) is 17.8. The predicted octanol–water partition coefficient (Wildman–Crippen LogP) is 6.75. The Balaban J connectivity index is 2.15. The molecule has 0 saturated heterocycles. The van der Waals surface area contributed by atoms with Crippen LogP contribution in [0.25, 0.3) is 11.1 Å². The van der Waals surface area contributed by atoms with Gasteiger partial charge in [0, 0.05) is 11.2 Å². The molecule has 0 saturated carbocycles. The number of hydrogen-bond acceptors (Lipinski definition) is 2. The van der Waals surface area contributed by atoms with Gasteiger partial charge < -0.3 is 9.84 Å². The summed E-state index contributed by atoms with van der Waals surface area (Å²) in [5.41, 5.74) is 5.55. The lowest BCUT2D eigenvalue weighted by molar-refractivity contribution is 0.345. The lowest BCUT2D eigenvalue weighted by Gasteiger charge is -2.17. The normalized spacial score (nSPS) is 11.8. The third-order valence-electron chi connectivity index (χ3n) is 4.41. The van der Waals surface area contributed by atoms with E-state index in [1.54, 1.807) is 12.1 Å². The number of aromatic hydroxyl groups is 1. The number of hydrogen-bond donors (Lipinski definition) is 1. The maximum absolute atomic E-state index is 9.73. The third-order valence-corrected chi connectivity index (χ3v) is 4.93. The van der Waals surface area contributed by atoms with E-state index in [9.17, 15) is 5.11 Å². The molecule has 3 aromatic rings. The van der Waals surface area contributed by atoms with Crippen LogP contribution in [-0.4, -0.2) is 22.9 Å². The van der Waals surface area contributed by atoms with Crippen LogP contribution in [0.2, 0.25) is 0 Å². The molecule has 0 radical (unpaired) electrons. The van der Waals surface area contributed by atoms with Crippen molar-refractivity contribution in [2.45, 2.75) is 6.42 Å². The molecule has 3 aromatic carbocycles. The van der Waals surface area contributed by atoms with E-state index in [1.165, 1.54) is 5.57 Å². The Labute approximate surface area is 179 Å². The molecule has 0 unspecified atom stereocenters. The van der Waals surface area contributed by atoms with Crippen LogP contribution in [-0.2, 0) is 0 Å². The fourth-order valence-corrected chi connectivity index (χ4v) is 3.52. The van der Waals surface area contributed by atoms with Gasteiger partial charge in [0.05, 0.1) is 6.61 Å². The Morgan fingerprint density at radius 3 is 2.00 bits per heavy atom. The first-order chi connectivity index (χ1) is 13.7. The first-order valence-corrected chi connectivity index (χ1v) is 10.8. The summed E-state index contributed by atoms with van der Waals surface area (Å²) in [6.07, 6.45) is 0.740. The molecule has 28 heavy (non-hydrogen) atoms. The number of benzene rings is 3. The van der Waals surface area contributed by atoms with Crippen LogP contribution >= 0.6 is 27.5 Å². The van der Waals surface area contributed by atoms with Gasteiger partial charge in [0.25, 0.3) is 0 Å². The fourth-order valence-electron chi connectivity index (χ4n) is 3.16. The molecule has 0 amide bonds. The van der Waals surface area contributed by atoms with Gasteiger partial charge in [-0.05, 0) is 58.5 Å². The second-order valence-electron chi connectivity index (χ2n) is 6.27. The zero-order valence-electron chi connectivity index (χ0n) is 15.4. The third kappa shape index (κ3) is 5.18. The summed E-state index contributed by atoms with van der Waals surface area (Å²) >= 11 is 9.55. The van der Waals surface area contributed by atoms with Crippen molar-refractivity contribution in [3.8, 4) is 11.5 Å². The van der Waals surface area contributed by atoms with Gasteiger partial charge in [0.15, 0.2) is 0 Å². The molecule has 0 aliphatic carbocycles. The zero-order chi connectivity index (χ0) is 19.8. The Hall–Kier alpha value is -2.23. The van der Waals surface area contributed by atoms with E-state index < -0.39 is 0 Å². The number of halogens is 2. The Bertz CT molecular complexity index is 904. The Morgan fingerprint density at radius 1 is 0.821 bits per heavy atom. The van der Waals surface area contributed by atoms with Crippen LogP contribution in [0.3, 0.4) is 0 Å². The van der Waals surface area contributed by atoms with E-state index in [0.717, 1.165) is 39.8 Å². The molecule has 144 valence electrons. The van der Waals surface area contributed by atoms with Crippen LogP contribution in [0.5, 0.6) is 11.5 Å². The summed E-state index contributed by atoms with van der Waals surface area (Å²) in [5, 5.41) is 10.5. The highest BCUT2D eigenvalue weighted by atomic mass is 79.9. The summed E-state index contributed by atoms with van der Waals surface area (Å²) in [6, 6.07) is 25.7. The van der Waals surface area contributed by atoms with Gasteiger partial charge in [0.2, 0.25) is 0 Å². The summed E-state index contributed by atoms with van der Waals surface area (Å²) < 4.78 is 5.69. The molecule has 2 nitrogen and oxygen atoms in total. The van der Waals surface area contributed by atoms with E-state index in [0.29, 0.717) is 12.5 Å². The van der Waals surface area contributed by atoms with E-state index in [1.807, 2.05) is 42.5 Å². The second kappa shape index (κ2) is 10.4. The number of phenolic OH excluding ortho intramolecular Hbond substituents is 1. The molecule has 0 heterocycles.